The van der Waals surface area contributed by atoms with Crippen LogP contribution in [0.5, 0.6) is 5.75 Å². The number of carbonyl (C=O) groups excluding carboxylic acids is 1. The Labute approximate surface area is 244 Å². The summed E-state index contributed by atoms with van der Waals surface area (Å²) in [5.41, 5.74) is -2.09. The van der Waals surface area contributed by atoms with Crippen molar-refractivity contribution in [2.24, 2.45) is 0 Å². The third-order valence-corrected chi connectivity index (χ3v) is 7.49. The fraction of sp³-hybridized carbons (Fsp3) is 0.533. The highest BCUT2D eigenvalue weighted by Gasteiger charge is 2.35. The predicted octanol–water partition coefficient (Wildman–Crippen LogP) is 4.99. The number of carbonyl (C=O) groups is 2. The molecule has 0 bridgehead atoms. The molecular weight excluding hydrogens is 548 g/mol. The van der Waals surface area contributed by atoms with Gasteiger partial charge in [-0.25, -0.2) is 19.0 Å². The van der Waals surface area contributed by atoms with Crippen molar-refractivity contribution in [3.8, 4) is 5.75 Å². The van der Waals surface area contributed by atoms with E-state index >= 15 is 0 Å². The van der Waals surface area contributed by atoms with Crippen LogP contribution in [0, 0.1) is 6.92 Å². The van der Waals surface area contributed by atoms with Crippen LogP contribution in [0.4, 0.5) is 0 Å². The second-order valence-electron chi connectivity index (χ2n) is 10.4. The number of aromatic nitrogens is 2. The molecule has 41 heavy (non-hydrogen) atoms. The molecule has 0 saturated heterocycles. The van der Waals surface area contributed by atoms with Crippen LogP contribution >= 0.6 is 11.3 Å². The summed E-state index contributed by atoms with van der Waals surface area (Å²) in [4.78, 5) is 52.1. The molecule has 0 saturated carbocycles. The van der Waals surface area contributed by atoms with Gasteiger partial charge in [0.2, 0.25) is 0 Å². The monoisotopic (exact) mass is 590 g/mol. The van der Waals surface area contributed by atoms with Gasteiger partial charge in [0.25, 0.3) is 5.56 Å². The van der Waals surface area contributed by atoms with Gasteiger partial charge in [0.15, 0.2) is 0 Å². The van der Waals surface area contributed by atoms with Crippen molar-refractivity contribution in [1.29, 1.82) is 0 Å². The van der Waals surface area contributed by atoms with E-state index in [9.17, 15) is 24.3 Å². The van der Waals surface area contributed by atoms with Crippen molar-refractivity contribution < 1.29 is 28.9 Å². The van der Waals surface area contributed by atoms with Crippen molar-refractivity contribution in [3.05, 3.63) is 61.1 Å². The number of para-hydroxylation sites is 1. The molecule has 0 aliphatic carbocycles. The molecule has 0 aliphatic rings. The minimum absolute atomic E-state index is 0.0454. The van der Waals surface area contributed by atoms with Gasteiger partial charge in [-0.1, -0.05) is 18.2 Å². The van der Waals surface area contributed by atoms with Crippen molar-refractivity contribution in [1.82, 2.24) is 9.13 Å². The van der Waals surface area contributed by atoms with Crippen LogP contribution in [0.2, 0.25) is 0 Å². The number of fused-ring (bicyclic) bond motifs is 1. The van der Waals surface area contributed by atoms with Gasteiger partial charge in [-0.3, -0.25) is 9.36 Å². The fourth-order valence-corrected chi connectivity index (χ4v) is 5.38. The number of carboxylic acid groups (broad SMARTS) is 1. The summed E-state index contributed by atoms with van der Waals surface area (Å²) in [6.07, 6.45) is 0.737. The Kier molecular flexibility index (Phi) is 11.9. The summed E-state index contributed by atoms with van der Waals surface area (Å²) in [6, 6.07) is 7.45. The Morgan fingerprint density at radius 2 is 1.66 bits per heavy atom. The predicted molar refractivity (Wildman–Crippen MR) is 161 cm³/mol. The molecule has 11 heteroatoms. The molecule has 3 rings (SSSR count). The zero-order chi connectivity index (χ0) is 31.1. The topological polar surface area (TPSA) is 126 Å². The fourth-order valence-electron chi connectivity index (χ4n) is 4.17. The highest BCUT2D eigenvalue weighted by atomic mass is 32.1. The van der Waals surface area contributed by atoms with Crippen LogP contribution in [0.3, 0.4) is 0 Å². The first-order chi connectivity index (χ1) is 19.2. The number of ether oxygens (including phenoxy) is 3. The van der Waals surface area contributed by atoms with E-state index in [0.717, 1.165) is 28.1 Å². The molecule has 0 amide bonds. The second-order valence-corrected chi connectivity index (χ2v) is 11.4. The number of esters is 1. The molecule has 0 fully saturated rings. The summed E-state index contributed by atoms with van der Waals surface area (Å²) in [5.74, 6) is -1.23. The Bertz CT molecular complexity index is 1480. The molecule has 0 unspecified atom stereocenters. The third kappa shape index (κ3) is 7.85. The number of hydrogen-bond acceptors (Lipinski definition) is 8. The first kappa shape index (κ1) is 33.8. The van der Waals surface area contributed by atoms with E-state index in [1.165, 1.54) is 18.4 Å². The standard InChI is InChI=1S/C25H30N2O7S.C5H12O/c1-7-33-22(29)19-15(4)18-20(28)27(25(5,6)23(30)31)24(32)26(21(18)35-19)13-12-16-10-8-9-11-17(16)34-14(2)3;1-4-6-5(2)3/h8-11,14H,7,12-13H2,1-6H3,(H,30,31);5H,4H2,1-3H3. The highest BCUT2D eigenvalue weighted by molar-refractivity contribution is 7.20. The molecule has 2 heterocycles. The van der Waals surface area contributed by atoms with E-state index in [1.807, 2.05) is 58.9 Å². The van der Waals surface area contributed by atoms with Gasteiger partial charge in [0.1, 0.15) is 21.0 Å². The molecule has 0 aliphatic heterocycles. The zero-order valence-corrected chi connectivity index (χ0v) is 26.2. The summed E-state index contributed by atoms with van der Waals surface area (Å²) in [5, 5.41) is 9.91. The molecule has 0 spiro atoms. The average Bonchev–Trinajstić information content (AvgIpc) is 3.22. The average molecular weight is 591 g/mol. The number of thiophene rings is 1. The third-order valence-electron chi connectivity index (χ3n) is 6.20. The van der Waals surface area contributed by atoms with E-state index in [0.29, 0.717) is 28.7 Å². The Hall–Kier alpha value is -3.44. The maximum absolute atomic E-state index is 13.6. The van der Waals surface area contributed by atoms with Gasteiger partial charge >= 0.3 is 17.6 Å². The first-order valence-electron chi connectivity index (χ1n) is 13.7. The number of hydrogen-bond donors (Lipinski definition) is 1. The van der Waals surface area contributed by atoms with E-state index < -0.39 is 28.7 Å². The lowest BCUT2D eigenvalue weighted by Gasteiger charge is -2.23. The van der Waals surface area contributed by atoms with Gasteiger partial charge in [-0.2, -0.15) is 0 Å². The molecule has 1 aromatic carbocycles. The van der Waals surface area contributed by atoms with Crippen LogP contribution in [0.1, 0.15) is 76.2 Å². The quantitative estimate of drug-likeness (QED) is 0.310. The molecule has 2 aromatic heterocycles. The molecule has 226 valence electrons. The zero-order valence-electron chi connectivity index (χ0n) is 25.4. The summed E-state index contributed by atoms with van der Waals surface area (Å²) in [6.45, 7) is 16.9. The number of nitrogens with zero attached hydrogens (tertiary/aromatic N) is 2. The smallest absolute Gasteiger partial charge is 0.348 e. The van der Waals surface area contributed by atoms with E-state index in [1.54, 1.807) is 13.8 Å². The number of aryl methyl sites for hydroxylation is 3. The molecule has 0 radical (unpaired) electrons. The number of benzene rings is 1. The van der Waals surface area contributed by atoms with Gasteiger partial charge in [-0.15, -0.1) is 11.3 Å². The van der Waals surface area contributed by atoms with Gasteiger partial charge in [0, 0.05) is 13.2 Å². The summed E-state index contributed by atoms with van der Waals surface area (Å²) >= 11 is 1.00. The van der Waals surface area contributed by atoms with E-state index in [-0.39, 0.29) is 29.5 Å². The van der Waals surface area contributed by atoms with Gasteiger partial charge in [-0.05, 0) is 85.9 Å². The van der Waals surface area contributed by atoms with Crippen molar-refractivity contribution in [2.75, 3.05) is 13.2 Å². The van der Waals surface area contributed by atoms with E-state index in [4.69, 9.17) is 14.2 Å². The molecular formula is C30H42N2O8S. The lowest BCUT2D eigenvalue weighted by Crippen LogP contribution is -2.52. The summed E-state index contributed by atoms with van der Waals surface area (Å²) < 4.78 is 18.2. The van der Waals surface area contributed by atoms with Crippen LogP contribution in [-0.2, 0) is 32.8 Å². The first-order valence-corrected chi connectivity index (χ1v) is 14.6. The largest absolute Gasteiger partial charge is 0.491 e. The Morgan fingerprint density at radius 1 is 1.02 bits per heavy atom. The van der Waals surface area contributed by atoms with Crippen molar-refractivity contribution >= 4 is 33.5 Å². The van der Waals surface area contributed by atoms with Crippen LogP contribution < -0.4 is 16.0 Å². The van der Waals surface area contributed by atoms with Gasteiger partial charge < -0.3 is 19.3 Å². The Balaban J connectivity index is 0.000000883. The van der Waals surface area contributed by atoms with Crippen molar-refractivity contribution in [3.63, 3.8) is 0 Å². The Morgan fingerprint density at radius 3 is 2.17 bits per heavy atom. The van der Waals surface area contributed by atoms with Crippen molar-refractivity contribution in [2.45, 2.75) is 93.0 Å². The SMILES string of the molecule is CCOC(=O)c1sc2c(c1C)c(=O)n(C(C)(C)C(=O)O)c(=O)n2CCc1ccccc1OC(C)C.CCOC(C)C. The van der Waals surface area contributed by atoms with Crippen LogP contribution in [-0.4, -0.2) is 51.6 Å². The number of carboxylic acids is 1. The minimum atomic E-state index is -1.80. The normalized spacial score (nSPS) is 11.5. The minimum Gasteiger partial charge on any atom is -0.491 e. The molecule has 3 aromatic rings. The van der Waals surface area contributed by atoms with Crippen LogP contribution in [0.25, 0.3) is 10.2 Å². The van der Waals surface area contributed by atoms with Gasteiger partial charge in [0.05, 0.1) is 24.2 Å². The second kappa shape index (κ2) is 14.5. The number of rotatable bonds is 11. The maximum Gasteiger partial charge on any atom is 0.348 e. The molecule has 0 atom stereocenters. The lowest BCUT2D eigenvalue weighted by molar-refractivity contribution is -0.146. The highest BCUT2D eigenvalue weighted by Crippen LogP contribution is 2.30. The summed E-state index contributed by atoms with van der Waals surface area (Å²) in [7, 11) is 0. The van der Waals surface area contributed by atoms with E-state index in [2.05, 4.69) is 0 Å². The molecule has 10 nitrogen and oxygen atoms in total. The van der Waals surface area contributed by atoms with Crippen LogP contribution in [0.15, 0.2) is 33.9 Å². The maximum atomic E-state index is 13.6. The number of aliphatic carboxylic acids is 1. The lowest BCUT2D eigenvalue weighted by atomic mass is 10.1. The molecule has 1 N–H and O–H groups in total.